The zero-order valence-electron chi connectivity index (χ0n) is 19.3. The van der Waals surface area contributed by atoms with E-state index in [4.69, 9.17) is 9.10 Å². The Kier molecular flexibility index (Phi) is 4.13. The molecule has 0 saturated heterocycles. The standard InChI is InChI=1S/C24H29NSi/c1-17(2)21-15-23(25-16-24(21)26(4,5)6)20-13-12-18(3)22(14-20)19-10-8-7-9-11-19/h7-17H,1-6H3/i3D2,17D. The minimum atomic E-state index is -1.63. The van der Waals surface area contributed by atoms with Crippen LogP contribution in [0.4, 0.5) is 0 Å². The lowest BCUT2D eigenvalue weighted by Gasteiger charge is -2.23. The summed E-state index contributed by atoms with van der Waals surface area (Å²) in [5, 5.41) is 1.22. The third kappa shape index (κ3) is 3.81. The smallest absolute Gasteiger partial charge is 0.0799 e. The molecule has 0 bridgehead atoms. The maximum absolute atomic E-state index is 8.66. The second kappa shape index (κ2) is 7.20. The molecule has 0 unspecified atom stereocenters. The molecule has 0 aliphatic rings. The zero-order chi connectivity index (χ0) is 21.4. The Morgan fingerprint density at radius 1 is 0.962 bits per heavy atom. The van der Waals surface area contributed by atoms with Crippen LogP contribution in [0.25, 0.3) is 22.4 Å². The van der Waals surface area contributed by atoms with Crippen LogP contribution in [0.5, 0.6) is 0 Å². The molecule has 0 N–H and O–H groups in total. The van der Waals surface area contributed by atoms with Crippen LogP contribution in [-0.4, -0.2) is 13.1 Å². The minimum absolute atomic E-state index is 0.680. The highest BCUT2D eigenvalue weighted by molar-refractivity contribution is 6.89. The molecule has 0 saturated carbocycles. The van der Waals surface area contributed by atoms with Crippen LogP contribution in [0.15, 0.2) is 60.8 Å². The summed E-state index contributed by atoms with van der Waals surface area (Å²) in [6.07, 6.45) is 1.96. The van der Waals surface area contributed by atoms with Gasteiger partial charge in [0.05, 0.1) is 13.8 Å². The number of aromatic nitrogens is 1. The summed E-state index contributed by atoms with van der Waals surface area (Å²) in [7, 11) is -1.63. The molecular weight excluding hydrogens is 330 g/mol. The molecule has 1 heterocycles. The van der Waals surface area contributed by atoms with Gasteiger partial charge in [-0.2, -0.15) is 0 Å². The summed E-state index contributed by atoms with van der Waals surface area (Å²) in [6.45, 7) is 9.65. The van der Waals surface area contributed by atoms with Crippen LogP contribution in [0.2, 0.25) is 19.6 Å². The molecule has 2 aromatic carbocycles. The highest BCUT2D eigenvalue weighted by atomic mass is 28.3. The molecule has 0 radical (unpaired) electrons. The van der Waals surface area contributed by atoms with E-state index in [-0.39, 0.29) is 0 Å². The number of rotatable bonds is 4. The molecule has 1 aromatic heterocycles. The number of nitrogens with zero attached hydrogens (tertiary/aromatic N) is 1. The molecule has 0 atom stereocenters. The van der Waals surface area contributed by atoms with Crippen LogP contribution < -0.4 is 5.19 Å². The summed E-state index contributed by atoms with van der Waals surface area (Å²) < 4.78 is 24.5. The van der Waals surface area contributed by atoms with Crippen LogP contribution >= 0.6 is 0 Å². The third-order valence-corrected chi connectivity index (χ3v) is 6.70. The Labute approximate surface area is 163 Å². The molecule has 0 fully saturated rings. The van der Waals surface area contributed by atoms with Crippen LogP contribution in [-0.2, 0) is 0 Å². The van der Waals surface area contributed by atoms with E-state index in [1.54, 1.807) is 0 Å². The number of hydrogen-bond donors (Lipinski definition) is 0. The van der Waals surface area contributed by atoms with Crippen molar-refractivity contribution in [1.82, 2.24) is 4.98 Å². The van der Waals surface area contributed by atoms with E-state index in [2.05, 4.69) is 25.7 Å². The van der Waals surface area contributed by atoms with Gasteiger partial charge in [-0.3, -0.25) is 4.98 Å². The van der Waals surface area contributed by atoms with Crippen molar-refractivity contribution < 1.29 is 4.11 Å². The molecular formula is C24H29NSi. The van der Waals surface area contributed by atoms with Crippen molar-refractivity contribution in [2.24, 2.45) is 0 Å². The normalized spacial score (nSPS) is 14.0. The molecule has 0 aliphatic heterocycles. The Morgan fingerprint density at radius 3 is 2.31 bits per heavy atom. The van der Waals surface area contributed by atoms with Gasteiger partial charge >= 0.3 is 0 Å². The lowest BCUT2D eigenvalue weighted by molar-refractivity contribution is 0.870. The van der Waals surface area contributed by atoms with E-state index in [1.807, 2.05) is 68.6 Å². The summed E-state index contributed by atoms with van der Waals surface area (Å²) in [5.41, 5.74) is 5.37. The van der Waals surface area contributed by atoms with E-state index in [0.717, 1.165) is 27.9 Å². The van der Waals surface area contributed by atoms with Gasteiger partial charge in [0.15, 0.2) is 0 Å². The van der Waals surface area contributed by atoms with Gasteiger partial charge in [0.25, 0.3) is 0 Å². The molecule has 0 amide bonds. The van der Waals surface area contributed by atoms with Gasteiger partial charge in [-0.1, -0.05) is 76.0 Å². The SMILES string of the molecule is [2H]C([2H])c1ccc(-c2cc(C([2H])(C)C)c([Si](C)(C)C)cn2)cc1-c1ccccc1. The van der Waals surface area contributed by atoms with Gasteiger partial charge in [0, 0.05) is 15.9 Å². The first-order chi connectivity index (χ1) is 13.5. The first-order valence-electron chi connectivity index (χ1n) is 10.7. The third-order valence-electron chi connectivity index (χ3n) is 4.68. The van der Waals surface area contributed by atoms with E-state index < -0.39 is 20.8 Å². The number of pyridine rings is 1. The fraction of sp³-hybridized carbons (Fsp3) is 0.292. The summed E-state index contributed by atoms with van der Waals surface area (Å²) in [4.78, 5) is 4.76. The molecule has 0 spiro atoms. The molecule has 2 heteroatoms. The lowest BCUT2D eigenvalue weighted by atomic mass is 9.95. The molecule has 3 rings (SSSR count). The number of hydrogen-bond acceptors (Lipinski definition) is 1. The summed E-state index contributed by atoms with van der Waals surface area (Å²) in [5.74, 6) is -0.705. The maximum atomic E-state index is 8.66. The Hall–Kier alpha value is -2.19. The molecule has 1 nitrogen and oxygen atoms in total. The highest BCUT2D eigenvalue weighted by Crippen LogP contribution is 2.29. The fourth-order valence-electron chi connectivity index (χ4n) is 3.21. The van der Waals surface area contributed by atoms with Gasteiger partial charge in [-0.25, -0.2) is 0 Å². The maximum Gasteiger partial charge on any atom is 0.0799 e. The fourth-order valence-corrected chi connectivity index (χ4v) is 4.79. The largest absolute Gasteiger partial charge is 0.256 e. The topological polar surface area (TPSA) is 12.9 Å². The Bertz CT molecular complexity index is 1000. The van der Waals surface area contributed by atoms with Crippen molar-refractivity contribution in [2.45, 2.75) is 46.3 Å². The van der Waals surface area contributed by atoms with E-state index >= 15 is 0 Å². The van der Waals surface area contributed by atoms with Crippen LogP contribution in [0.3, 0.4) is 0 Å². The summed E-state index contributed by atoms with van der Waals surface area (Å²) >= 11 is 0. The van der Waals surface area contributed by atoms with Crippen molar-refractivity contribution in [3.63, 3.8) is 0 Å². The van der Waals surface area contributed by atoms with Crippen LogP contribution in [0, 0.1) is 6.88 Å². The molecule has 134 valence electrons. The van der Waals surface area contributed by atoms with Crippen molar-refractivity contribution in [1.29, 1.82) is 0 Å². The van der Waals surface area contributed by atoms with Gasteiger partial charge in [0.2, 0.25) is 0 Å². The number of benzene rings is 2. The molecule has 0 aliphatic carbocycles. The Morgan fingerprint density at radius 2 is 1.69 bits per heavy atom. The minimum Gasteiger partial charge on any atom is -0.256 e. The average Bonchev–Trinajstić information content (AvgIpc) is 2.66. The first kappa shape index (κ1) is 14.9. The second-order valence-corrected chi connectivity index (χ2v) is 13.1. The predicted octanol–water partition coefficient (Wildman–Crippen LogP) is 6.39. The van der Waals surface area contributed by atoms with E-state index in [9.17, 15) is 0 Å². The quantitative estimate of drug-likeness (QED) is 0.490. The lowest BCUT2D eigenvalue weighted by Crippen LogP contribution is -2.40. The van der Waals surface area contributed by atoms with Crippen molar-refractivity contribution in [2.75, 3.05) is 0 Å². The van der Waals surface area contributed by atoms with Gasteiger partial charge in [0.1, 0.15) is 0 Å². The summed E-state index contributed by atoms with van der Waals surface area (Å²) in [6, 6.07) is 17.8. The first-order valence-corrected chi connectivity index (χ1v) is 12.5. The van der Waals surface area contributed by atoms with E-state index in [0.29, 0.717) is 5.56 Å². The Balaban J connectivity index is 2.19. The monoisotopic (exact) mass is 362 g/mol. The zero-order valence-corrected chi connectivity index (χ0v) is 17.3. The molecule has 26 heavy (non-hydrogen) atoms. The van der Waals surface area contributed by atoms with Crippen molar-refractivity contribution >= 4 is 13.3 Å². The van der Waals surface area contributed by atoms with Crippen LogP contribution in [0.1, 0.15) is 35.0 Å². The van der Waals surface area contributed by atoms with E-state index in [1.165, 1.54) is 5.19 Å². The predicted molar refractivity (Wildman–Crippen MR) is 117 cm³/mol. The average molecular weight is 363 g/mol. The highest BCUT2D eigenvalue weighted by Gasteiger charge is 2.22. The van der Waals surface area contributed by atoms with Gasteiger partial charge in [-0.05, 0) is 52.3 Å². The number of aryl methyl sites for hydroxylation is 1. The van der Waals surface area contributed by atoms with Gasteiger partial charge < -0.3 is 0 Å². The van der Waals surface area contributed by atoms with Crippen molar-refractivity contribution in [3.05, 3.63) is 71.9 Å². The van der Waals surface area contributed by atoms with Crippen molar-refractivity contribution in [3.8, 4) is 22.4 Å². The molecule has 3 aromatic rings. The van der Waals surface area contributed by atoms with Gasteiger partial charge in [-0.15, -0.1) is 0 Å². The second-order valence-electron chi connectivity index (χ2n) is 8.03.